The van der Waals surface area contributed by atoms with Crippen molar-refractivity contribution in [3.63, 3.8) is 0 Å². The van der Waals surface area contributed by atoms with Gasteiger partial charge in [-0.2, -0.15) is 14.9 Å². The summed E-state index contributed by atoms with van der Waals surface area (Å²) in [7, 11) is 5.84. The van der Waals surface area contributed by atoms with Crippen molar-refractivity contribution in [1.29, 1.82) is 0 Å². The number of anilines is 3. The average Bonchev–Trinajstić information content (AvgIpc) is 2.95. The van der Waals surface area contributed by atoms with Crippen LogP contribution in [0.5, 0.6) is 34.8 Å². The van der Waals surface area contributed by atoms with E-state index in [0.29, 0.717) is 34.4 Å². The molecule has 0 saturated carbocycles. The molecular formula is C29H30N4O7. The van der Waals surface area contributed by atoms with Crippen LogP contribution < -0.4 is 34.5 Å². The summed E-state index contributed by atoms with van der Waals surface area (Å²) < 4.78 is 22.3. The molecule has 0 saturated heterocycles. The van der Waals surface area contributed by atoms with Gasteiger partial charge in [-0.1, -0.05) is 36.4 Å². The second-order valence-electron chi connectivity index (χ2n) is 8.46. The minimum absolute atomic E-state index is 0.0517. The van der Waals surface area contributed by atoms with Crippen molar-refractivity contribution in [2.24, 2.45) is 0 Å². The molecule has 0 unspecified atom stereocenters. The molecule has 0 aliphatic carbocycles. The van der Waals surface area contributed by atoms with E-state index < -0.39 is 5.91 Å². The fourth-order valence-corrected chi connectivity index (χ4v) is 3.95. The molecule has 0 aliphatic heterocycles. The van der Waals surface area contributed by atoms with E-state index in [-0.39, 0.29) is 23.3 Å². The first kappa shape index (κ1) is 28.0. The van der Waals surface area contributed by atoms with Crippen LogP contribution in [0.1, 0.15) is 21.5 Å². The van der Waals surface area contributed by atoms with E-state index in [1.807, 2.05) is 38.1 Å². The molecule has 3 aromatic carbocycles. The minimum Gasteiger partial charge on any atom is -0.493 e. The molecule has 4 aromatic rings. The fraction of sp³-hybridized carbons (Fsp3) is 0.207. The molecule has 40 heavy (non-hydrogen) atoms. The average molecular weight is 547 g/mol. The third-order valence-corrected chi connectivity index (χ3v) is 5.83. The molecule has 11 heteroatoms. The highest BCUT2D eigenvalue weighted by Crippen LogP contribution is 2.41. The Labute approximate surface area is 231 Å². The van der Waals surface area contributed by atoms with E-state index in [2.05, 4.69) is 20.6 Å². The van der Waals surface area contributed by atoms with Crippen LogP contribution in [0.4, 0.5) is 17.3 Å². The van der Waals surface area contributed by atoms with Crippen molar-refractivity contribution < 1.29 is 33.5 Å². The molecule has 208 valence electrons. The SMILES string of the molecule is COOc1nc(Nc2cc(OC)c(OC)c(OC)c2)nc(Oc2ccccc2)c1C(=O)Nc1c(C)cccc1C. The Bertz CT molecular complexity index is 1450. The van der Waals surface area contributed by atoms with Crippen LogP contribution in [0.15, 0.2) is 60.7 Å². The first-order valence-corrected chi connectivity index (χ1v) is 12.2. The molecular weight excluding hydrogens is 516 g/mol. The van der Waals surface area contributed by atoms with E-state index >= 15 is 0 Å². The molecule has 11 nitrogen and oxygen atoms in total. The molecule has 0 fully saturated rings. The molecule has 0 atom stereocenters. The number of aryl methyl sites for hydroxylation is 2. The highest BCUT2D eigenvalue weighted by atomic mass is 17.2. The first-order chi connectivity index (χ1) is 19.4. The summed E-state index contributed by atoms with van der Waals surface area (Å²) in [5.41, 5.74) is 2.87. The number of para-hydroxylation sites is 2. The molecule has 0 spiro atoms. The topological polar surface area (TPSA) is 122 Å². The Balaban J connectivity index is 1.81. The third kappa shape index (κ3) is 6.16. The number of hydrogen-bond acceptors (Lipinski definition) is 10. The van der Waals surface area contributed by atoms with Crippen molar-refractivity contribution in [1.82, 2.24) is 9.97 Å². The summed E-state index contributed by atoms with van der Waals surface area (Å²) in [6, 6.07) is 18.0. The lowest BCUT2D eigenvalue weighted by Gasteiger charge is -2.17. The summed E-state index contributed by atoms with van der Waals surface area (Å²) in [5, 5.41) is 6.01. The van der Waals surface area contributed by atoms with Crippen molar-refractivity contribution in [2.75, 3.05) is 39.1 Å². The van der Waals surface area contributed by atoms with Crippen molar-refractivity contribution in [3.05, 3.63) is 77.4 Å². The van der Waals surface area contributed by atoms with Gasteiger partial charge in [0.15, 0.2) is 17.1 Å². The number of ether oxygens (including phenoxy) is 4. The number of aromatic nitrogens is 2. The number of hydrogen-bond donors (Lipinski definition) is 2. The number of benzene rings is 3. The van der Waals surface area contributed by atoms with Crippen LogP contribution in [-0.2, 0) is 4.89 Å². The van der Waals surface area contributed by atoms with Gasteiger partial charge in [-0.15, -0.1) is 0 Å². The van der Waals surface area contributed by atoms with Gasteiger partial charge in [-0.3, -0.25) is 4.79 Å². The largest absolute Gasteiger partial charge is 0.493 e. The van der Waals surface area contributed by atoms with Gasteiger partial charge in [0.05, 0.1) is 28.4 Å². The number of nitrogens with one attached hydrogen (secondary N) is 2. The summed E-state index contributed by atoms with van der Waals surface area (Å²) >= 11 is 0. The van der Waals surface area contributed by atoms with Crippen molar-refractivity contribution in [2.45, 2.75) is 13.8 Å². The van der Waals surface area contributed by atoms with E-state index in [1.54, 1.807) is 36.4 Å². The number of carbonyl (C=O) groups excluding carboxylic acids is 1. The standard InChI is InChI=1S/C29H30N4O7/c1-17-11-10-12-18(2)24(17)31-26(34)23-27(39-20-13-8-7-9-14-20)32-29(33-28(23)40-38-6)30-19-15-21(35-3)25(37-5)22(16-19)36-4/h7-16H,1-6H3,(H,31,34)(H,30,32,33). The lowest BCUT2D eigenvalue weighted by atomic mass is 10.1. The fourth-order valence-electron chi connectivity index (χ4n) is 3.95. The Morgan fingerprint density at radius 3 is 1.98 bits per heavy atom. The van der Waals surface area contributed by atoms with E-state index in [1.165, 1.54) is 28.4 Å². The number of rotatable bonds is 11. The van der Waals surface area contributed by atoms with Gasteiger partial charge in [-0.25, -0.2) is 0 Å². The highest BCUT2D eigenvalue weighted by Gasteiger charge is 2.27. The lowest BCUT2D eigenvalue weighted by molar-refractivity contribution is -0.181. The second kappa shape index (κ2) is 12.7. The van der Waals surface area contributed by atoms with E-state index in [0.717, 1.165) is 11.1 Å². The van der Waals surface area contributed by atoms with Crippen LogP contribution in [0.2, 0.25) is 0 Å². The van der Waals surface area contributed by atoms with E-state index in [4.69, 9.17) is 28.7 Å². The molecule has 0 bridgehead atoms. The molecule has 0 radical (unpaired) electrons. The monoisotopic (exact) mass is 546 g/mol. The Kier molecular flexibility index (Phi) is 8.87. The first-order valence-electron chi connectivity index (χ1n) is 12.2. The van der Waals surface area contributed by atoms with Crippen molar-refractivity contribution >= 4 is 23.2 Å². The van der Waals surface area contributed by atoms with Gasteiger partial charge < -0.3 is 34.5 Å². The van der Waals surface area contributed by atoms with Crippen molar-refractivity contribution in [3.8, 4) is 34.8 Å². The van der Waals surface area contributed by atoms with Crippen LogP contribution in [0.3, 0.4) is 0 Å². The van der Waals surface area contributed by atoms with Gasteiger partial charge in [0.25, 0.3) is 11.8 Å². The quantitative estimate of drug-likeness (QED) is 0.175. The predicted molar refractivity (Wildman–Crippen MR) is 149 cm³/mol. The van der Waals surface area contributed by atoms with Gasteiger partial charge in [-0.05, 0) is 37.1 Å². The molecule has 2 N–H and O–H groups in total. The molecule has 0 aliphatic rings. The number of methoxy groups -OCH3 is 3. The van der Waals surface area contributed by atoms with Gasteiger partial charge in [0.2, 0.25) is 17.6 Å². The Morgan fingerprint density at radius 2 is 1.40 bits per heavy atom. The Hall–Kier alpha value is -5.03. The van der Waals surface area contributed by atoms with Crippen LogP contribution in [-0.4, -0.2) is 44.3 Å². The molecule has 1 heterocycles. The normalized spacial score (nSPS) is 10.4. The summed E-state index contributed by atoms with van der Waals surface area (Å²) in [5.74, 6) is 0.988. The zero-order valence-corrected chi connectivity index (χ0v) is 23.0. The van der Waals surface area contributed by atoms with Gasteiger partial charge in [0, 0.05) is 23.5 Å². The number of amides is 1. The molecule has 1 aromatic heterocycles. The number of carbonyl (C=O) groups is 1. The maximum absolute atomic E-state index is 13.7. The zero-order chi connectivity index (χ0) is 28.6. The molecule has 4 rings (SSSR count). The zero-order valence-electron chi connectivity index (χ0n) is 23.0. The predicted octanol–water partition coefficient (Wildman–Crippen LogP) is 5.85. The maximum Gasteiger partial charge on any atom is 0.277 e. The Morgan fingerprint density at radius 1 is 0.775 bits per heavy atom. The molecule has 1 amide bonds. The lowest BCUT2D eigenvalue weighted by Crippen LogP contribution is -2.18. The van der Waals surface area contributed by atoms with Crippen LogP contribution in [0, 0.1) is 13.8 Å². The van der Waals surface area contributed by atoms with E-state index in [9.17, 15) is 4.79 Å². The highest BCUT2D eigenvalue weighted by molar-refractivity contribution is 6.08. The summed E-state index contributed by atoms with van der Waals surface area (Å²) in [6.45, 7) is 3.80. The summed E-state index contributed by atoms with van der Waals surface area (Å²) in [6.07, 6.45) is 0. The van der Waals surface area contributed by atoms with Gasteiger partial charge in [0.1, 0.15) is 5.75 Å². The number of nitrogens with zero attached hydrogens (tertiary/aromatic N) is 2. The maximum atomic E-state index is 13.7. The third-order valence-electron chi connectivity index (χ3n) is 5.83. The van der Waals surface area contributed by atoms with Gasteiger partial charge >= 0.3 is 0 Å². The van der Waals surface area contributed by atoms with Crippen LogP contribution >= 0.6 is 0 Å². The minimum atomic E-state index is -0.547. The second-order valence-corrected chi connectivity index (χ2v) is 8.46. The summed E-state index contributed by atoms with van der Waals surface area (Å²) in [4.78, 5) is 32.8. The van der Waals surface area contributed by atoms with Crippen LogP contribution in [0.25, 0.3) is 0 Å². The smallest absolute Gasteiger partial charge is 0.277 e.